The third-order valence-electron chi connectivity index (χ3n) is 4.04. The summed E-state index contributed by atoms with van der Waals surface area (Å²) in [7, 11) is 0. The molecule has 0 aliphatic rings. The van der Waals surface area contributed by atoms with Gasteiger partial charge in [0.05, 0.1) is 11.0 Å². The molecule has 0 fully saturated rings. The Balaban J connectivity index is 1.83. The van der Waals surface area contributed by atoms with Gasteiger partial charge in [-0.25, -0.2) is 4.98 Å². The third kappa shape index (κ3) is 3.39. The maximum absolute atomic E-state index is 12.5. The van der Waals surface area contributed by atoms with Crippen molar-refractivity contribution in [2.24, 2.45) is 0 Å². The summed E-state index contributed by atoms with van der Waals surface area (Å²) in [6, 6.07) is 27.3. The molecular weight excluding hydrogens is 322 g/mol. The van der Waals surface area contributed by atoms with Crippen LogP contribution in [-0.2, 0) is 0 Å². The highest BCUT2D eigenvalue weighted by molar-refractivity contribution is 5.88. The van der Waals surface area contributed by atoms with E-state index in [-0.39, 0.29) is 5.56 Å². The minimum Gasteiger partial charge on any atom is -0.355 e. The summed E-state index contributed by atoms with van der Waals surface area (Å²) in [6.07, 6.45) is 1.79. The van der Waals surface area contributed by atoms with Crippen LogP contribution in [-0.4, -0.2) is 9.97 Å². The molecule has 0 bridgehead atoms. The Morgan fingerprint density at radius 2 is 1.50 bits per heavy atom. The van der Waals surface area contributed by atoms with Crippen LogP contribution >= 0.6 is 0 Å². The summed E-state index contributed by atoms with van der Waals surface area (Å²) in [6.45, 7) is 0. The van der Waals surface area contributed by atoms with Gasteiger partial charge in [-0.3, -0.25) is 4.79 Å². The van der Waals surface area contributed by atoms with E-state index < -0.39 is 0 Å². The van der Waals surface area contributed by atoms with Crippen LogP contribution in [0, 0.1) is 0 Å². The van der Waals surface area contributed by atoms with Gasteiger partial charge in [-0.15, -0.1) is 0 Å². The van der Waals surface area contributed by atoms with Crippen LogP contribution in [0.5, 0.6) is 0 Å². The summed E-state index contributed by atoms with van der Waals surface area (Å²) in [5, 5.41) is 3.39. The molecule has 0 aliphatic carbocycles. The molecule has 4 rings (SSSR count). The molecule has 0 atom stereocenters. The van der Waals surface area contributed by atoms with Crippen molar-refractivity contribution in [2.45, 2.75) is 0 Å². The quantitative estimate of drug-likeness (QED) is 0.574. The molecule has 3 aromatic carbocycles. The van der Waals surface area contributed by atoms with Crippen molar-refractivity contribution in [2.75, 3.05) is 5.32 Å². The number of para-hydroxylation sites is 3. The van der Waals surface area contributed by atoms with Gasteiger partial charge >= 0.3 is 0 Å². The second-order valence-corrected chi connectivity index (χ2v) is 5.88. The number of nitrogens with zero attached hydrogens (tertiary/aromatic N) is 1. The van der Waals surface area contributed by atoms with Crippen LogP contribution in [0.4, 0.5) is 5.69 Å². The highest BCUT2D eigenvalue weighted by Gasteiger charge is 2.07. The van der Waals surface area contributed by atoms with Crippen LogP contribution in [0.2, 0.25) is 0 Å². The number of nitrogens with one attached hydrogen (secondary N) is 2. The summed E-state index contributed by atoms with van der Waals surface area (Å²) in [5.74, 6) is 0. The first-order chi connectivity index (χ1) is 12.8. The van der Waals surface area contributed by atoms with Crippen molar-refractivity contribution in [3.05, 3.63) is 107 Å². The fourth-order valence-corrected chi connectivity index (χ4v) is 2.76. The Labute approximate surface area is 150 Å². The molecule has 0 spiro atoms. The molecule has 0 amide bonds. The lowest BCUT2D eigenvalue weighted by molar-refractivity contribution is 1.19. The minimum atomic E-state index is -0.216. The Hall–Kier alpha value is -3.66. The molecule has 0 saturated carbocycles. The van der Waals surface area contributed by atoms with Crippen molar-refractivity contribution >= 4 is 28.5 Å². The third-order valence-corrected chi connectivity index (χ3v) is 4.04. The van der Waals surface area contributed by atoms with E-state index in [1.54, 1.807) is 6.08 Å². The molecule has 126 valence electrons. The van der Waals surface area contributed by atoms with Gasteiger partial charge in [0.25, 0.3) is 5.56 Å². The molecule has 4 nitrogen and oxygen atoms in total. The zero-order chi connectivity index (χ0) is 17.8. The van der Waals surface area contributed by atoms with E-state index in [1.165, 1.54) is 0 Å². The smallest absolute Gasteiger partial charge is 0.274 e. The van der Waals surface area contributed by atoms with Gasteiger partial charge in [-0.1, -0.05) is 60.7 Å². The Morgan fingerprint density at radius 1 is 0.846 bits per heavy atom. The number of fused-ring (bicyclic) bond motifs is 1. The van der Waals surface area contributed by atoms with Gasteiger partial charge < -0.3 is 10.3 Å². The van der Waals surface area contributed by atoms with E-state index in [2.05, 4.69) is 15.3 Å². The van der Waals surface area contributed by atoms with Gasteiger partial charge in [0.15, 0.2) is 0 Å². The number of H-pyrrole nitrogens is 1. The van der Waals surface area contributed by atoms with E-state index >= 15 is 0 Å². The van der Waals surface area contributed by atoms with Gasteiger partial charge in [-0.2, -0.15) is 0 Å². The molecule has 0 aliphatic heterocycles. The van der Waals surface area contributed by atoms with Crippen LogP contribution in [0.3, 0.4) is 0 Å². The molecule has 26 heavy (non-hydrogen) atoms. The lowest BCUT2D eigenvalue weighted by Crippen LogP contribution is -2.12. The predicted octanol–water partition coefficient (Wildman–Crippen LogP) is 4.53. The molecule has 4 aromatic rings. The van der Waals surface area contributed by atoms with E-state index in [0.717, 1.165) is 28.0 Å². The summed E-state index contributed by atoms with van der Waals surface area (Å²) in [4.78, 5) is 19.9. The first-order valence-corrected chi connectivity index (χ1v) is 8.38. The molecular formula is C22H17N3O. The summed E-state index contributed by atoms with van der Waals surface area (Å²) in [5.41, 5.74) is 4.37. The summed E-state index contributed by atoms with van der Waals surface area (Å²) < 4.78 is 0. The number of aromatic nitrogens is 2. The molecule has 2 N–H and O–H groups in total. The number of rotatable bonds is 4. The molecule has 0 radical (unpaired) electrons. The van der Waals surface area contributed by atoms with Crippen molar-refractivity contribution in [1.82, 2.24) is 9.97 Å². The Kier molecular flexibility index (Phi) is 4.31. The average Bonchev–Trinajstić information content (AvgIpc) is 2.69. The van der Waals surface area contributed by atoms with Gasteiger partial charge in [0.1, 0.15) is 5.69 Å². The maximum Gasteiger partial charge on any atom is 0.274 e. The average molecular weight is 339 g/mol. The fourth-order valence-electron chi connectivity index (χ4n) is 2.76. The molecule has 1 aromatic heterocycles. The van der Waals surface area contributed by atoms with Gasteiger partial charge in [0.2, 0.25) is 0 Å². The van der Waals surface area contributed by atoms with E-state index in [0.29, 0.717) is 5.69 Å². The van der Waals surface area contributed by atoms with Gasteiger partial charge in [0, 0.05) is 11.4 Å². The lowest BCUT2D eigenvalue weighted by atomic mass is 10.1. The zero-order valence-corrected chi connectivity index (χ0v) is 14.0. The first-order valence-electron chi connectivity index (χ1n) is 8.38. The van der Waals surface area contributed by atoms with Crippen molar-refractivity contribution in [3.8, 4) is 0 Å². The Bertz CT molecular complexity index is 1120. The number of hydrogen-bond acceptors (Lipinski definition) is 3. The maximum atomic E-state index is 12.5. The number of anilines is 1. The highest BCUT2D eigenvalue weighted by atomic mass is 16.1. The van der Waals surface area contributed by atoms with Crippen LogP contribution in [0.1, 0.15) is 11.3 Å². The molecule has 0 saturated heterocycles. The lowest BCUT2D eigenvalue weighted by Gasteiger charge is -2.11. The Morgan fingerprint density at radius 3 is 2.27 bits per heavy atom. The van der Waals surface area contributed by atoms with E-state index in [1.807, 2.05) is 84.9 Å². The van der Waals surface area contributed by atoms with Crippen molar-refractivity contribution in [1.29, 1.82) is 0 Å². The number of hydrogen-bond donors (Lipinski definition) is 2. The predicted molar refractivity (Wildman–Crippen MR) is 107 cm³/mol. The molecule has 0 unspecified atom stereocenters. The first kappa shape index (κ1) is 15.8. The highest BCUT2D eigenvalue weighted by Crippen LogP contribution is 2.20. The van der Waals surface area contributed by atoms with Crippen molar-refractivity contribution < 1.29 is 0 Å². The topological polar surface area (TPSA) is 57.8 Å². The van der Waals surface area contributed by atoms with Gasteiger partial charge in [-0.05, 0) is 35.9 Å². The molecule has 4 heteroatoms. The molecule has 1 heterocycles. The number of benzene rings is 3. The van der Waals surface area contributed by atoms with Crippen LogP contribution < -0.4 is 10.9 Å². The second kappa shape index (κ2) is 7.07. The second-order valence-electron chi connectivity index (χ2n) is 5.88. The largest absolute Gasteiger partial charge is 0.355 e. The standard InChI is InChI=1S/C22H17N3O/c26-22-21(24-18-13-7-8-14-19(18)25-22)15-20(16-9-3-1-4-10-16)23-17-11-5-2-6-12-17/h1-15,23H,(H,25,26)/b20-15-. The summed E-state index contributed by atoms with van der Waals surface area (Å²) >= 11 is 0. The SMILES string of the molecule is O=c1[nH]c2ccccc2nc1/C=C(\Nc1ccccc1)c1ccccc1. The van der Waals surface area contributed by atoms with Crippen molar-refractivity contribution in [3.63, 3.8) is 0 Å². The minimum absolute atomic E-state index is 0.216. The van der Waals surface area contributed by atoms with Crippen LogP contribution in [0.15, 0.2) is 89.7 Å². The van der Waals surface area contributed by atoms with Crippen LogP contribution in [0.25, 0.3) is 22.8 Å². The fraction of sp³-hybridized carbons (Fsp3) is 0. The normalized spacial score (nSPS) is 11.5. The number of aromatic amines is 1. The van der Waals surface area contributed by atoms with E-state index in [9.17, 15) is 4.79 Å². The zero-order valence-electron chi connectivity index (χ0n) is 14.0. The monoisotopic (exact) mass is 339 g/mol. The van der Waals surface area contributed by atoms with E-state index in [4.69, 9.17) is 0 Å².